The molecule has 1 aliphatic heterocycles. The molecule has 150 valence electrons. The molecular formula is C19H27Cl3N4O. The summed E-state index contributed by atoms with van der Waals surface area (Å²) in [5, 5.41) is 0. The van der Waals surface area contributed by atoms with Crippen molar-refractivity contribution >= 4 is 43.1 Å². The van der Waals surface area contributed by atoms with E-state index in [0.29, 0.717) is 13.1 Å². The van der Waals surface area contributed by atoms with Crippen molar-refractivity contribution in [2.45, 2.75) is 19.5 Å². The van der Waals surface area contributed by atoms with Gasteiger partial charge >= 0.3 is 0 Å². The number of pyridine rings is 1. The van der Waals surface area contributed by atoms with Gasteiger partial charge in [-0.15, -0.1) is 37.2 Å². The van der Waals surface area contributed by atoms with Gasteiger partial charge in [-0.05, 0) is 24.6 Å². The van der Waals surface area contributed by atoms with Crippen LogP contribution in [0, 0.1) is 6.92 Å². The lowest BCUT2D eigenvalue weighted by molar-refractivity contribution is -0.134. The third-order valence-electron chi connectivity index (χ3n) is 4.50. The quantitative estimate of drug-likeness (QED) is 0.805. The third-order valence-corrected chi connectivity index (χ3v) is 4.50. The number of carbonyl (C=O) groups is 1. The molecule has 1 amide bonds. The molecule has 1 atom stereocenters. The van der Waals surface area contributed by atoms with Gasteiger partial charge in [-0.3, -0.25) is 14.7 Å². The number of amides is 1. The molecule has 5 nitrogen and oxygen atoms in total. The van der Waals surface area contributed by atoms with Crippen LogP contribution in [0.5, 0.6) is 0 Å². The largest absolute Gasteiger partial charge is 0.338 e. The zero-order chi connectivity index (χ0) is 16.9. The molecule has 1 fully saturated rings. The van der Waals surface area contributed by atoms with E-state index in [1.807, 2.05) is 60.5 Å². The Kier molecular flexibility index (Phi) is 11.5. The maximum Gasteiger partial charge on any atom is 0.244 e. The van der Waals surface area contributed by atoms with Crippen molar-refractivity contribution in [1.29, 1.82) is 0 Å². The van der Waals surface area contributed by atoms with E-state index in [1.54, 1.807) is 0 Å². The Morgan fingerprint density at radius 2 is 1.67 bits per heavy atom. The first-order valence-corrected chi connectivity index (χ1v) is 8.36. The molecule has 0 aliphatic carbocycles. The molecule has 8 heteroatoms. The highest BCUT2D eigenvalue weighted by Crippen LogP contribution is 2.16. The number of benzene rings is 1. The molecule has 0 radical (unpaired) electrons. The van der Waals surface area contributed by atoms with Gasteiger partial charge in [0.25, 0.3) is 0 Å². The van der Waals surface area contributed by atoms with Crippen LogP contribution in [-0.4, -0.2) is 46.9 Å². The Morgan fingerprint density at radius 1 is 1.04 bits per heavy atom. The van der Waals surface area contributed by atoms with Gasteiger partial charge in [0.2, 0.25) is 5.91 Å². The lowest BCUT2D eigenvalue weighted by atomic mass is 10.0. The van der Waals surface area contributed by atoms with E-state index in [2.05, 4.69) is 9.88 Å². The van der Waals surface area contributed by atoms with Crippen LogP contribution in [0.25, 0.3) is 0 Å². The minimum Gasteiger partial charge on any atom is -0.338 e. The number of rotatable bonds is 4. The van der Waals surface area contributed by atoms with Crippen LogP contribution in [0.15, 0.2) is 48.7 Å². The van der Waals surface area contributed by atoms with Crippen LogP contribution in [0.4, 0.5) is 0 Å². The minimum atomic E-state index is -0.576. The van der Waals surface area contributed by atoms with E-state index < -0.39 is 6.04 Å². The van der Waals surface area contributed by atoms with Crippen LogP contribution in [0.3, 0.4) is 0 Å². The van der Waals surface area contributed by atoms with Crippen molar-refractivity contribution in [1.82, 2.24) is 14.8 Å². The summed E-state index contributed by atoms with van der Waals surface area (Å²) in [6.07, 6.45) is 1.82. The minimum absolute atomic E-state index is 0. The predicted molar refractivity (Wildman–Crippen MR) is 116 cm³/mol. The van der Waals surface area contributed by atoms with Gasteiger partial charge in [-0.1, -0.05) is 35.9 Å². The first kappa shape index (κ1) is 25.6. The van der Waals surface area contributed by atoms with Crippen molar-refractivity contribution < 1.29 is 4.79 Å². The zero-order valence-corrected chi connectivity index (χ0v) is 17.7. The lowest BCUT2D eigenvalue weighted by Crippen LogP contribution is -2.50. The van der Waals surface area contributed by atoms with Gasteiger partial charge in [0.05, 0.1) is 5.69 Å². The molecule has 2 N–H and O–H groups in total. The first-order chi connectivity index (χ1) is 11.6. The highest BCUT2D eigenvalue weighted by atomic mass is 35.5. The molecule has 1 aliphatic rings. The van der Waals surface area contributed by atoms with E-state index in [9.17, 15) is 4.79 Å². The number of nitrogens with two attached hydrogens (primary N) is 1. The van der Waals surface area contributed by atoms with Crippen molar-refractivity contribution in [3.05, 3.63) is 65.5 Å². The number of hydrogen-bond acceptors (Lipinski definition) is 4. The Labute approximate surface area is 179 Å². The standard InChI is InChI=1S/C19H24N4O.3ClH/c1-15-5-7-16(8-6-15)18(20)19(24)23-12-10-22(11-13-23)14-17-4-2-3-9-21-17;;;/h2-9,18H,10-14,20H2,1H3;3*1H. The second-order valence-electron chi connectivity index (χ2n) is 6.31. The number of hydrogen-bond donors (Lipinski definition) is 1. The Hall–Kier alpha value is -1.37. The molecule has 0 spiro atoms. The number of aromatic nitrogens is 1. The Balaban J connectivity index is 0.00000225. The molecule has 2 heterocycles. The monoisotopic (exact) mass is 432 g/mol. The maximum atomic E-state index is 12.6. The molecule has 0 saturated carbocycles. The van der Waals surface area contributed by atoms with E-state index in [4.69, 9.17) is 5.73 Å². The Bertz CT molecular complexity index is 677. The van der Waals surface area contributed by atoms with Crippen LogP contribution < -0.4 is 5.73 Å². The van der Waals surface area contributed by atoms with E-state index in [1.165, 1.54) is 5.56 Å². The number of piperazine rings is 1. The fraction of sp³-hybridized carbons (Fsp3) is 0.368. The van der Waals surface area contributed by atoms with Crippen molar-refractivity contribution in [2.24, 2.45) is 5.73 Å². The molecule has 1 saturated heterocycles. The number of aryl methyl sites for hydroxylation is 1. The lowest BCUT2D eigenvalue weighted by Gasteiger charge is -2.35. The Morgan fingerprint density at radius 3 is 2.22 bits per heavy atom. The predicted octanol–water partition coefficient (Wildman–Crippen LogP) is 3.00. The number of nitrogens with zero attached hydrogens (tertiary/aromatic N) is 3. The number of carbonyl (C=O) groups excluding carboxylic acids is 1. The van der Waals surface area contributed by atoms with E-state index >= 15 is 0 Å². The molecule has 1 aromatic carbocycles. The summed E-state index contributed by atoms with van der Waals surface area (Å²) in [4.78, 5) is 21.2. The van der Waals surface area contributed by atoms with Crippen molar-refractivity contribution in [2.75, 3.05) is 26.2 Å². The van der Waals surface area contributed by atoms with Gasteiger partial charge < -0.3 is 10.6 Å². The molecule has 3 rings (SSSR count). The second-order valence-corrected chi connectivity index (χ2v) is 6.31. The summed E-state index contributed by atoms with van der Waals surface area (Å²) in [5.41, 5.74) is 9.27. The summed E-state index contributed by atoms with van der Waals surface area (Å²) in [6, 6.07) is 13.2. The SMILES string of the molecule is Cc1ccc(C(N)C(=O)N2CCN(Cc3ccccn3)CC2)cc1.Cl.Cl.Cl. The van der Waals surface area contributed by atoms with E-state index in [-0.39, 0.29) is 43.1 Å². The van der Waals surface area contributed by atoms with Crippen LogP contribution >= 0.6 is 37.2 Å². The summed E-state index contributed by atoms with van der Waals surface area (Å²) in [5.74, 6) is 0.0105. The highest BCUT2D eigenvalue weighted by Gasteiger charge is 2.26. The first-order valence-electron chi connectivity index (χ1n) is 8.36. The second kappa shape index (κ2) is 12.2. The average Bonchev–Trinajstić information content (AvgIpc) is 2.63. The van der Waals surface area contributed by atoms with E-state index in [0.717, 1.165) is 30.9 Å². The van der Waals surface area contributed by atoms with Crippen LogP contribution in [0.2, 0.25) is 0 Å². The summed E-state index contributed by atoms with van der Waals surface area (Å²) in [6.45, 7) is 5.98. The normalized spacial score (nSPS) is 15.0. The average molecular weight is 434 g/mol. The molecule has 1 aromatic heterocycles. The van der Waals surface area contributed by atoms with Crippen molar-refractivity contribution in [3.8, 4) is 0 Å². The fourth-order valence-corrected chi connectivity index (χ4v) is 2.96. The van der Waals surface area contributed by atoms with Gasteiger partial charge in [0.15, 0.2) is 0 Å². The number of halogens is 3. The summed E-state index contributed by atoms with van der Waals surface area (Å²) >= 11 is 0. The van der Waals surface area contributed by atoms with Crippen LogP contribution in [-0.2, 0) is 11.3 Å². The molecule has 27 heavy (non-hydrogen) atoms. The van der Waals surface area contributed by atoms with Gasteiger partial charge in [0, 0.05) is 38.9 Å². The van der Waals surface area contributed by atoms with Crippen molar-refractivity contribution in [3.63, 3.8) is 0 Å². The van der Waals surface area contributed by atoms with Gasteiger partial charge in [0.1, 0.15) is 6.04 Å². The zero-order valence-electron chi connectivity index (χ0n) is 15.3. The molecule has 1 unspecified atom stereocenters. The van der Waals surface area contributed by atoms with Gasteiger partial charge in [-0.2, -0.15) is 0 Å². The summed E-state index contributed by atoms with van der Waals surface area (Å²) < 4.78 is 0. The van der Waals surface area contributed by atoms with Crippen LogP contribution in [0.1, 0.15) is 22.9 Å². The topological polar surface area (TPSA) is 62.5 Å². The van der Waals surface area contributed by atoms with Gasteiger partial charge in [-0.25, -0.2) is 0 Å². The molecule has 2 aromatic rings. The smallest absolute Gasteiger partial charge is 0.244 e. The maximum absolute atomic E-state index is 12.6. The highest BCUT2D eigenvalue weighted by molar-refractivity contribution is 5.86. The molecular weight excluding hydrogens is 407 g/mol. The fourth-order valence-electron chi connectivity index (χ4n) is 2.96. The summed E-state index contributed by atoms with van der Waals surface area (Å²) in [7, 11) is 0. The molecule has 0 bridgehead atoms. The third kappa shape index (κ3) is 6.94.